The zero-order valence-corrected chi connectivity index (χ0v) is 9.15. The van der Waals surface area contributed by atoms with Gasteiger partial charge in [0.15, 0.2) is 11.1 Å². The van der Waals surface area contributed by atoms with Crippen LogP contribution in [0.25, 0.3) is 22.0 Å². The maximum absolute atomic E-state index is 5.70. The molecule has 0 aliphatic rings. The number of nitrogens with zero attached hydrogens (tertiary/aromatic N) is 2. The molecule has 2 aromatic heterocycles. The molecule has 1 aromatic carbocycles. The van der Waals surface area contributed by atoms with Crippen LogP contribution in [0.5, 0.6) is 0 Å². The fourth-order valence-corrected chi connectivity index (χ4v) is 2.01. The smallest absolute Gasteiger partial charge is 0.165 e. The van der Waals surface area contributed by atoms with Crippen molar-refractivity contribution in [2.24, 2.45) is 0 Å². The van der Waals surface area contributed by atoms with Crippen molar-refractivity contribution in [2.75, 3.05) is 5.73 Å². The average Bonchev–Trinajstić information content (AvgIpc) is 2.61. The fraction of sp³-hybridized carbons (Fsp3) is 0. The summed E-state index contributed by atoms with van der Waals surface area (Å²) in [5.74, 6) is 0. The minimum absolute atomic E-state index is 0.513. The van der Waals surface area contributed by atoms with Crippen molar-refractivity contribution < 1.29 is 4.42 Å². The van der Waals surface area contributed by atoms with Crippen LogP contribution in [0.1, 0.15) is 0 Å². The Morgan fingerprint density at radius 3 is 2.87 bits per heavy atom. The van der Waals surface area contributed by atoms with Crippen LogP contribution in [0.4, 0.5) is 5.69 Å². The standard InChI is InChI=1S/C10H6BrN3O/c11-6-3-1-2-5-8(6)13-14-9-7(12)4-15-10(5)9/h1-4H,12H2. The second-order valence-corrected chi connectivity index (χ2v) is 4.06. The zero-order chi connectivity index (χ0) is 10.4. The second-order valence-electron chi connectivity index (χ2n) is 3.20. The number of anilines is 1. The number of aromatic nitrogens is 2. The van der Waals surface area contributed by atoms with Gasteiger partial charge in [-0.1, -0.05) is 6.07 Å². The Morgan fingerprint density at radius 1 is 1.20 bits per heavy atom. The molecule has 3 aromatic rings. The summed E-state index contributed by atoms with van der Waals surface area (Å²) in [6.07, 6.45) is 1.49. The lowest BCUT2D eigenvalue weighted by atomic mass is 10.2. The van der Waals surface area contributed by atoms with Gasteiger partial charge < -0.3 is 10.2 Å². The highest BCUT2D eigenvalue weighted by Crippen LogP contribution is 2.30. The number of benzene rings is 1. The van der Waals surface area contributed by atoms with Crippen LogP contribution in [-0.2, 0) is 0 Å². The number of hydrogen-bond acceptors (Lipinski definition) is 4. The maximum Gasteiger partial charge on any atom is 0.165 e. The Labute approximate surface area is 93.2 Å². The average molecular weight is 264 g/mol. The van der Waals surface area contributed by atoms with E-state index < -0.39 is 0 Å². The molecule has 74 valence electrons. The molecule has 0 amide bonds. The molecule has 0 saturated carbocycles. The van der Waals surface area contributed by atoms with E-state index in [1.54, 1.807) is 0 Å². The van der Waals surface area contributed by atoms with Crippen LogP contribution in [0.2, 0.25) is 0 Å². The Balaban J connectivity index is 2.61. The molecular formula is C10H6BrN3O. The molecule has 0 aliphatic heterocycles. The minimum atomic E-state index is 0.513. The molecule has 0 aliphatic carbocycles. The van der Waals surface area contributed by atoms with Gasteiger partial charge in [-0.25, -0.2) is 0 Å². The summed E-state index contributed by atoms with van der Waals surface area (Å²) in [7, 11) is 0. The van der Waals surface area contributed by atoms with Crippen molar-refractivity contribution in [3.8, 4) is 0 Å². The number of furan rings is 1. The highest BCUT2D eigenvalue weighted by atomic mass is 79.9. The number of halogens is 1. The first-order valence-corrected chi connectivity index (χ1v) is 5.14. The van der Waals surface area contributed by atoms with Gasteiger partial charge in [0.1, 0.15) is 11.8 Å². The minimum Gasteiger partial charge on any atom is -0.460 e. The Bertz CT molecular complexity index is 662. The van der Waals surface area contributed by atoms with Crippen LogP contribution in [0, 0.1) is 0 Å². The van der Waals surface area contributed by atoms with Gasteiger partial charge in [0.05, 0.1) is 5.69 Å². The maximum atomic E-state index is 5.70. The largest absolute Gasteiger partial charge is 0.460 e. The number of fused-ring (bicyclic) bond motifs is 3. The van der Waals surface area contributed by atoms with Crippen molar-refractivity contribution in [1.82, 2.24) is 10.2 Å². The molecule has 0 unspecified atom stereocenters. The van der Waals surface area contributed by atoms with Gasteiger partial charge in [-0.3, -0.25) is 0 Å². The molecule has 0 radical (unpaired) electrons. The van der Waals surface area contributed by atoms with Crippen molar-refractivity contribution in [3.63, 3.8) is 0 Å². The van der Waals surface area contributed by atoms with Crippen LogP contribution in [0.15, 0.2) is 33.4 Å². The summed E-state index contributed by atoms with van der Waals surface area (Å²) in [5, 5.41) is 9.04. The molecule has 15 heavy (non-hydrogen) atoms. The molecule has 0 bridgehead atoms. The molecule has 2 N–H and O–H groups in total. The van der Waals surface area contributed by atoms with Gasteiger partial charge in [0.2, 0.25) is 0 Å². The van der Waals surface area contributed by atoms with Crippen molar-refractivity contribution in [3.05, 3.63) is 28.9 Å². The highest BCUT2D eigenvalue weighted by molar-refractivity contribution is 9.10. The van der Waals surface area contributed by atoms with Crippen molar-refractivity contribution >= 4 is 43.6 Å². The van der Waals surface area contributed by atoms with Crippen LogP contribution < -0.4 is 5.73 Å². The molecule has 5 heteroatoms. The molecule has 0 spiro atoms. The fourth-order valence-electron chi connectivity index (χ4n) is 1.56. The van der Waals surface area contributed by atoms with E-state index >= 15 is 0 Å². The lowest BCUT2D eigenvalue weighted by Crippen LogP contribution is -1.88. The second kappa shape index (κ2) is 2.93. The van der Waals surface area contributed by atoms with Crippen molar-refractivity contribution in [2.45, 2.75) is 0 Å². The SMILES string of the molecule is Nc1coc2c1nnc1c(Br)cccc12. The first-order valence-electron chi connectivity index (χ1n) is 4.35. The normalized spacial score (nSPS) is 11.3. The number of hydrogen-bond donors (Lipinski definition) is 1. The molecule has 4 nitrogen and oxygen atoms in total. The molecule has 3 rings (SSSR count). The summed E-state index contributed by atoms with van der Waals surface area (Å²) in [6, 6.07) is 5.77. The van der Waals surface area contributed by atoms with Gasteiger partial charge in [-0.15, -0.1) is 10.2 Å². The van der Waals surface area contributed by atoms with Gasteiger partial charge in [0.25, 0.3) is 0 Å². The number of nitrogen functional groups attached to an aromatic ring is 1. The van der Waals surface area contributed by atoms with Crippen LogP contribution >= 0.6 is 15.9 Å². The van der Waals surface area contributed by atoms with E-state index in [-0.39, 0.29) is 0 Å². The predicted octanol–water partition coefficient (Wildman–Crippen LogP) is 2.72. The van der Waals surface area contributed by atoms with E-state index in [0.717, 1.165) is 15.4 Å². The quantitative estimate of drug-likeness (QED) is 0.678. The lowest BCUT2D eigenvalue weighted by Gasteiger charge is -1.98. The van der Waals surface area contributed by atoms with Gasteiger partial charge >= 0.3 is 0 Å². The van der Waals surface area contributed by atoms with Crippen molar-refractivity contribution in [1.29, 1.82) is 0 Å². The molecule has 0 atom stereocenters. The third-order valence-corrected chi connectivity index (χ3v) is 2.91. The van der Waals surface area contributed by atoms with E-state index in [4.69, 9.17) is 10.2 Å². The third-order valence-electron chi connectivity index (χ3n) is 2.27. The highest BCUT2D eigenvalue weighted by Gasteiger charge is 2.10. The first-order chi connectivity index (χ1) is 7.27. The predicted molar refractivity (Wildman–Crippen MR) is 61.4 cm³/mol. The molecule has 0 saturated heterocycles. The molecule has 0 fully saturated rings. The van der Waals surface area contributed by atoms with E-state index in [2.05, 4.69) is 26.1 Å². The van der Waals surface area contributed by atoms with Gasteiger partial charge in [0, 0.05) is 9.86 Å². The van der Waals surface area contributed by atoms with E-state index in [1.165, 1.54) is 6.26 Å². The molecule has 2 heterocycles. The van der Waals surface area contributed by atoms with Gasteiger partial charge in [-0.2, -0.15) is 0 Å². The molecular weight excluding hydrogens is 258 g/mol. The topological polar surface area (TPSA) is 64.9 Å². The lowest BCUT2D eigenvalue weighted by molar-refractivity contribution is 0.620. The monoisotopic (exact) mass is 263 g/mol. The van der Waals surface area contributed by atoms with Gasteiger partial charge in [-0.05, 0) is 28.1 Å². The summed E-state index contributed by atoms with van der Waals surface area (Å²) in [6.45, 7) is 0. The Kier molecular flexibility index (Phi) is 1.70. The van der Waals surface area contributed by atoms with E-state index in [9.17, 15) is 0 Å². The summed E-state index contributed by atoms with van der Waals surface area (Å²) in [5.41, 5.74) is 8.28. The number of nitrogens with two attached hydrogens (primary N) is 1. The van der Waals surface area contributed by atoms with E-state index in [0.29, 0.717) is 16.8 Å². The van der Waals surface area contributed by atoms with Crippen LogP contribution in [-0.4, -0.2) is 10.2 Å². The zero-order valence-electron chi connectivity index (χ0n) is 7.57. The summed E-state index contributed by atoms with van der Waals surface area (Å²) >= 11 is 3.41. The Hall–Kier alpha value is -1.62. The van der Waals surface area contributed by atoms with Crippen LogP contribution in [0.3, 0.4) is 0 Å². The Morgan fingerprint density at radius 2 is 2.00 bits per heavy atom. The first kappa shape index (κ1) is 8.67. The third kappa shape index (κ3) is 1.13. The van der Waals surface area contributed by atoms with E-state index in [1.807, 2.05) is 18.2 Å². The summed E-state index contributed by atoms with van der Waals surface area (Å²) < 4.78 is 6.26. The summed E-state index contributed by atoms with van der Waals surface area (Å²) in [4.78, 5) is 0. The number of rotatable bonds is 0.